The Morgan fingerprint density at radius 3 is 2.88 bits per heavy atom. The smallest absolute Gasteiger partial charge is 0.337 e. The number of carboxylic acid groups (broad SMARTS) is 1. The van der Waals surface area contributed by atoms with Gasteiger partial charge in [0.05, 0.1) is 5.56 Å². The Kier molecular flexibility index (Phi) is 3.74. The first-order valence-corrected chi connectivity index (χ1v) is 6.78. The number of para-hydroxylation sites is 1. The maximum atomic E-state index is 11.1. The topological polar surface area (TPSA) is 42.2 Å². The number of benzene rings is 1. The highest BCUT2D eigenvalue weighted by atomic mass is 32.2. The number of hydrogen-bond acceptors (Lipinski definition) is 2. The maximum Gasteiger partial charge on any atom is 0.337 e. The molecule has 90 valence electrons. The third kappa shape index (κ3) is 2.47. The molecule has 0 saturated carbocycles. The summed E-state index contributed by atoms with van der Waals surface area (Å²) in [6.45, 7) is 2.98. The van der Waals surface area contributed by atoms with Gasteiger partial charge in [0, 0.05) is 29.4 Å². The van der Waals surface area contributed by atoms with E-state index in [1.165, 1.54) is 0 Å². The molecular weight excluding hydrogens is 234 g/mol. The second-order valence-corrected chi connectivity index (χ2v) is 5.15. The van der Waals surface area contributed by atoms with Gasteiger partial charge in [-0.2, -0.15) is 11.8 Å². The molecule has 0 spiro atoms. The van der Waals surface area contributed by atoms with Gasteiger partial charge in [-0.25, -0.2) is 4.79 Å². The fraction of sp³-hybridized carbons (Fsp3) is 0.308. The number of aromatic carboxylic acids is 1. The molecule has 0 atom stereocenters. The molecule has 0 aliphatic rings. The van der Waals surface area contributed by atoms with Crippen LogP contribution in [-0.4, -0.2) is 27.1 Å². The van der Waals surface area contributed by atoms with E-state index < -0.39 is 5.97 Å². The molecule has 1 aromatic carbocycles. The van der Waals surface area contributed by atoms with Crippen molar-refractivity contribution in [3.8, 4) is 0 Å². The highest BCUT2D eigenvalue weighted by Crippen LogP contribution is 2.21. The van der Waals surface area contributed by atoms with E-state index >= 15 is 0 Å². The number of carboxylic acids is 1. The predicted molar refractivity (Wildman–Crippen MR) is 71.9 cm³/mol. The zero-order valence-corrected chi connectivity index (χ0v) is 10.5. The zero-order valence-electron chi connectivity index (χ0n) is 9.72. The molecule has 1 N–H and O–H groups in total. The minimum absolute atomic E-state index is 0.391. The van der Waals surface area contributed by atoms with Crippen molar-refractivity contribution in [2.75, 3.05) is 11.5 Å². The van der Waals surface area contributed by atoms with E-state index in [-0.39, 0.29) is 0 Å². The molecule has 0 fully saturated rings. The Bertz CT molecular complexity index is 533. The summed E-state index contributed by atoms with van der Waals surface area (Å²) in [6.07, 6.45) is 1.74. The van der Waals surface area contributed by atoms with Gasteiger partial charge in [-0.1, -0.05) is 25.1 Å². The lowest BCUT2D eigenvalue weighted by atomic mass is 10.2. The first kappa shape index (κ1) is 12.0. The fourth-order valence-electron chi connectivity index (χ4n) is 1.91. The van der Waals surface area contributed by atoms with Crippen LogP contribution in [0.4, 0.5) is 0 Å². The van der Waals surface area contributed by atoms with Gasteiger partial charge < -0.3 is 9.67 Å². The lowest BCUT2D eigenvalue weighted by Gasteiger charge is -2.03. The summed E-state index contributed by atoms with van der Waals surface area (Å²) in [4.78, 5) is 11.1. The van der Waals surface area contributed by atoms with E-state index in [1.807, 2.05) is 40.6 Å². The van der Waals surface area contributed by atoms with Gasteiger partial charge in [-0.15, -0.1) is 0 Å². The number of nitrogens with zero attached hydrogens (tertiary/aromatic N) is 1. The van der Waals surface area contributed by atoms with Crippen molar-refractivity contribution in [2.24, 2.45) is 0 Å². The Morgan fingerprint density at radius 2 is 2.18 bits per heavy atom. The first-order valence-electron chi connectivity index (χ1n) is 5.63. The second kappa shape index (κ2) is 5.27. The number of fused-ring (bicyclic) bond motifs is 1. The average Bonchev–Trinajstić information content (AvgIpc) is 2.69. The molecule has 3 nitrogen and oxygen atoms in total. The van der Waals surface area contributed by atoms with Crippen LogP contribution in [0, 0.1) is 0 Å². The van der Waals surface area contributed by atoms with Crippen LogP contribution >= 0.6 is 11.8 Å². The molecule has 17 heavy (non-hydrogen) atoms. The molecular formula is C13H15NO2S. The van der Waals surface area contributed by atoms with Gasteiger partial charge >= 0.3 is 5.97 Å². The third-order valence-electron chi connectivity index (χ3n) is 2.70. The van der Waals surface area contributed by atoms with E-state index in [1.54, 1.807) is 6.20 Å². The van der Waals surface area contributed by atoms with E-state index in [4.69, 9.17) is 5.11 Å². The van der Waals surface area contributed by atoms with Crippen LogP contribution in [0.15, 0.2) is 30.5 Å². The quantitative estimate of drug-likeness (QED) is 0.828. The van der Waals surface area contributed by atoms with E-state index in [2.05, 4.69) is 6.92 Å². The van der Waals surface area contributed by atoms with Crippen molar-refractivity contribution in [2.45, 2.75) is 13.5 Å². The van der Waals surface area contributed by atoms with E-state index in [0.717, 1.165) is 29.0 Å². The van der Waals surface area contributed by atoms with Crippen LogP contribution in [0.25, 0.3) is 10.9 Å². The Balaban J connectivity index is 2.38. The van der Waals surface area contributed by atoms with E-state index in [9.17, 15) is 4.79 Å². The Labute approximate surface area is 104 Å². The first-order chi connectivity index (χ1) is 8.24. The minimum Gasteiger partial charge on any atom is -0.478 e. The van der Waals surface area contributed by atoms with Crippen molar-refractivity contribution < 1.29 is 9.90 Å². The van der Waals surface area contributed by atoms with Gasteiger partial charge in [0.25, 0.3) is 0 Å². The van der Waals surface area contributed by atoms with Crippen LogP contribution in [0.5, 0.6) is 0 Å². The lowest BCUT2D eigenvalue weighted by molar-refractivity contribution is 0.0699. The molecule has 0 saturated heterocycles. The maximum absolute atomic E-state index is 11.1. The number of rotatable bonds is 5. The largest absolute Gasteiger partial charge is 0.478 e. The predicted octanol–water partition coefficient (Wildman–Crippen LogP) is 3.09. The summed E-state index contributed by atoms with van der Waals surface area (Å²) in [5, 5.41) is 9.97. The summed E-state index contributed by atoms with van der Waals surface area (Å²) < 4.78 is 2.03. The van der Waals surface area contributed by atoms with Crippen molar-refractivity contribution >= 4 is 28.6 Å². The van der Waals surface area contributed by atoms with Crippen molar-refractivity contribution in [3.05, 3.63) is 36.0 Å². The molecule has 0 aliphatic heterocycles. The van der Waals surface area contributed by atoms with E-state index in [0.29, 0.717) is 5.56 Å². The third-order valence-corrected chi connectivity index (χ3v) is 3.58. The monoisotopic (exact) mass is 249 g/mol. The highest BCUT2D eigenvalue weighted by molar-refractivity contribution is 7.99. The van der Waals surface area contributed by atoms with Crippen molar-refractivity contribution in [1.29, 1.82) is 0 Å². The van der Waals surface area contributed by atoms with Gasteiger partial charge in [0.1, 0.15) is 0 Å². The molecule has 2 aromatic rings. The molecule has 1 aromatic heterocycles. The van der Waals surface area contributed by atoms with Crippen LogP contribution < -0.4 is 0 Å². The molecule has 0 aliphatic carbocycles. The van der Waals surface area contributed by atoms with Crippen LogP contribution in [-0.2, 0) is 6.54 Å². The van der Waals surface area contributed by atoms with Crippen molar-refractivity contribution in [3.63, 3.8) is 0 Å². The fourth-order valence-corrected chi connectivity index (χ4v) is 2.52. The number of thioether (sulfide) groups is 1. The summed E-state index contributed by atoms with van der Waals surface area (Å²) in [5.41, 5.74) is 1.39. The summed E-state index contributed by atoms with van der Waals surface area (Å²) >= 11 is 1.86. The molecule has 0 amide bonds. The summed E-state index contributed by atoms with van der Waals surface area (Å²) in [7, 11) is 0. The van der Waals surface area contributed by atoms with Crippen LogP contribution in [0.2, 0.25) is 0 Å². The highest BCUT2D eigenvalue weighted by Gasteiger charge is 2.12. The zero-order chi connectivity index (χ0) is 12.3. The molecule has 4 heteroatoms. The molecule has 0 bridgehead atoms. The van der Waals surface area contributed by atoms with Crippen LogP contribution in [0.3, 0.4) is 0 Å². The number of aromatic nitrogens is 1. The minimum atomic E-state index is -0.858. The SMILES string of the molecule is CCSCCn1cc(C(=O)O)c2ccccc21. The van der Waals surface area contributed by atoms with Gasteiger partial charge in [0.15, 0.2) is 0 Å². The molecule has 0 unspecified atom stereocenters. The second-order valence-electron chi connectivity index (χ2n) is 3.76. The average molecular weight is 249 g/mol. The van der Waals surface area contributed by atoms with Gasteiger partial charge in [-0.05, 0) is 11.8 Å². The summed E-state index contributed by atoms with van der Waals surface area (Å²) in [5.74, 6) is 1.24. The summed E-state index contributed by atoms with van der Waals surface area (Å²) in [6, 6.07) is 7.65. The standard InChI is InChI=1S/C13H15NO2S/c1-2-17-8-7-14-9-11(13(15)16)10-5-3-4-6-12(10)14/h3-6,9H,2,7-8H2,1H3,(H,15,16). The van der Waals surface area contributed by atoms with Crippen LogP contribution in [0.1, 0.15) is 17.3 Å². The normalized spacial score (nSPS) is 10.9. The Morgan fingerprint density at radius 1 is 1.41 bits per heavy atom. The van der Waals surface area contributed by atoms with Gasteiger partial charge in [-0.3, -0.25) is 0 Å². The number of aryl methyl sites for hydroxylation is 1. The number of hydrogen-bond donors (Lipinski definition) is 1. The Hall–Kier alpha value is -1.42. The van der Waals surface area contributed by atoms with Gasteiger partial charge in [0.2, 0.25) is 0 Å². The molecule has 1 heterocycles. The number of carbonyl (C=O) groups is 1. The molecule has 2 rings (SSSR count). The lowest BCUT2D eigenvalue weighted by Crippen LogP contribution is -1.99. The van der Waals surface area contributed by atoms with Crippen molar-refractivity contribution in [1.82, 2.24) is 4.57 Å². The molecule has 0 radical (unpaired) electrons.